The van der Waals surface area contributed by atoms with Crippen LogP contribution >= 0.6 is 0 Å². The number of allylic oxidation sites excluding steroid dienone is 1. The van der Waals surface area contributed by atoms with Crippen molar-refractivity contribution < 1.29 is 0 Å². The smallest absolute Gasteiger partial charge is 0.0685 e. The quantitative estimate of drug-likeness (QED) is 0.161. The molecule has 0 saturated heterocycles. The monoisotopic (exact) mass is 735 g/mol. The van der Waals surface area contributed by atoms with Crippen LogP contribution in [0.3, 0.4) is 0 Å². The van der Waals surface area contributed by atoms with Crippen molar-refractivity contribution in [2.24, 2.45) is 4.99 Å². The van der Waals surface area contributed by atoms with E-state index in [4.69, 9.17) is 4.99 Å². The highest BCUT2D eigenvalue weighted by molar-refractivity contribution is 6.19. The van der Waals surface area contributed by atoms with Crippen molar-refractivity contribution in [1.82, 2.24) is 0 Å². The second-order valence-electron chi connectivity index (χ2n) is 16.3. The molecule has 0 bridgehead atoms. The molecule has 0 aliphatic carbocycles. The SMILES string of the molecule is CC1=C(c2ccc(-c3cccc4ccccc34)cc2)C(C)(c2ccccc2-c2cc3c(-c4ccccc4C)c(C)ccc3cc2C)C(C)N=C1c1ccccc1C. The van der Waals surface area contributed by atoms with Gasteiger partial charge in [0, 0.05) is 11.0 Å². The molecule has 8 aromatic rings. The largest absolute Gasteiger partial charge is 0.280 e. The Morgan fingerprint density at radius 3 is 1.77 bits per heavy atom. The number of hydrogen-bond acceptors (Lipinski definition) is 1. The summed E-state index contributed by atoms with van der Waals surface area (Å²) >= 11 is 0. The first kappa shape index (κ1) is 36.3. The average Bonchev–Trinajstić information content (AvgIpc) is 3.23. The fourth-order valence-corrected chi connectivity index (χ4v) is 9.68. The van der Waals surface area contributed by atoms with Crippen LogP contribution in [0.25, 0.3) is 60.5 Å². The normalized spacial score (nSPS) is 17.0. The van der Waals surface area contributed by atoms with Gasteiger partial charge in [-0.2, -0.15) is 0 Å². The fourth-order valence-electron chi connectivity index (χ4n) is 9.68. The molecule has 0 radical (unpaired) electrons. The molecule has 278 valence electrons. The van der Waals surface area contributed by atoms with E-state index >= 15 is 0 Å². The maximum Gasteiger partial charge on any atom is 0.0685 e. The minimum atomic E-state index is -0.444. The zero-order chi connectivity index (χ0) is 39.4. The number of rotatable bonds is 6. The summed E-state index contributed by atoms with van der Waals surface area (Å²) < 4.78 is 0. The Hall–Kier alpha value is -6.31. The van der Waals surface area contributed by atoms with E-state index in [1.54, 1.807) is 0 Å². The lowest BCUT2D eigenvalue weighted by Gasteiger charge is -2.43. The van der Waals surface area contributed by atoms with Gasteiger partial charge < -0.3 is 0 Å². The summed E-state index contributed by atoms with van der Waals surface area (Å²) in [5, 5.41) is 5.09. The molecule has 0 amide bonds. The molecule has 57 heavy (non-hydrogen) atoms. The van der Waals surface area contributed by atoms with Crippen molar-refractivity contribution in [3.05, 3.63) is 208 Å². The number of dihydropyridines is 1. The van der Waals surface area contributed by atoms with Crippen molar-refractivity contribution in [2.45, 2.75) is 59.9 Å². The Morgan fingerprint density at radius 2 is 1.04 bits per heavy atom. The van der Waals surface area contributed by atoms with Gasteiger partial charge in [-0.05, 0) is 154 Å². The second kappa shape index (κ2) is 14.3. The maximum atomic E-state index is 5.64. The summed E-state index contributed by atoms with van der Waals surface area (Å²) in [5.74, 6) is 0. The maximum absolute atomic E-state index is 5.64. The van der Waals surface area contributed by atoms with Crippen LogP contribution in [-0.2, 0) is 5.41 Å². The molecule has 0 fully saturated rings. The number of aliphatic imine (C=N–C) groups is 1. The van der Waals surface area contributed by atoms with Gasteiger partial charge in [-0.15, -0.1) is 0 Å². The highest BCUT2D eigenvalue weighted by Gasteiger charge is 2.44. The summed E-state index contributed by atoms with van der Waals surface area (Å²) in [6.07, 6.45) is 0. The molecule has 0 spiro atoms. The van der Waals surface area contributed by atoms with Crippen LogP contribution < -0.4 is 0 Å². The van der Waals surface area contributed by atoms with Crippen molar-refractivity contribution in [3.63, 3.8) is 0 Å². The summed E-state index contributed by atoms with van der Waals surface area (Å²) in [6.45, 7) is 16.0. The zero-order valence-corrected chi connectivity index (χ0v) is 34.1. The van der Waals surface area contributed by atoms with Crippen LogP contribution in [0.4, 0.5) is 0 Å². The van der Waals surface area contributed by atoms with Crippen molar-refractivity contribution in [3.8, 4) is 33.4 Å². The van der Waals surface area contributed by atoms with E-state index in [0.29, 0.717) is 0 Å². The molecule has 1 heterocycles. The average molecular weight is 736 g/mol. The third-order valence-electron chi connectivity index (χ3n) is 12.8. The van der Waals surface area contributed by atoms with Crippen molar-refractivity contribution >= 4 is 32.8 Å². The lowest BCUT2D eigenvalue weighted by molar-refractivity contribution is 0.500. The summed E-state index contributed by atoms with van der Waals surface area (Å²) in [6, 6.07) is 60.6. The predicted molar refractivity (Wildman–Crippen MR) is 246 cm³/mol. The third kappa shape index (κ3) is 6.05. The summed E-state index contributed by atoms with van der Waals surface area (Å²) in [4.78, 5) is 5.64. The molecule has 1 aliphatic rings. The van der Waals surface area contributed by atoms with Crippen LogP contribution in [0, 0.1) is 27.7 Å². The standard InChI is InChI=1S/C56H49N/c1-35-17-8-11-21-45(35)53-37(3)27-28-44-33-38(4)50(34-51(44)53)49-24-14-15-26-52(49)56(7)40(6)57-55(46-22-12-9-18-36(46)2)39(5)54(56)43-31-29-42(30-32-43)48-25-16-20-41-19-10-13-23-47(41)48/h8-34,40H,1-7H3. The molecule has 1 heteroatoms. The van der Waals surface area contributed by atoms with Crippen LogP contribution in [0.5, 0.6) is 0 Å². The van der Waals surface area contributed by atoms with Crippen molar-refractivity contribution in [2.75, 3.05) is 0 Å². The Bertz CT molecular complexity index is 2920. The molecule has 0 aromatic heterocycles. The molecule has 0 N–H and O–H groups in total. The van der Waals surface area contributed by atoms with Gasteiger partial charge in [0.25, 0.3) is 0 Å². The Morgan fingerprint density at radius 1 is 0.439 bits per heavy atom. The molecule has 9 rings (SSSR count). The molecule has 2 unspecified atom stereocenters. The number of benzene rings is 8. The Balaban J connectivity index is 1.26. The van der Waals surface area contributed by atoms with Crippen LogP contribution in [0.15, 0.2) is 174 Å². The lowest BCUT2D eigenvalue weighted by atomic mass is 9.63. The number of nitrogens with zero attached hydrogens (tertiary/aromatic N) is 1. The van der Waals surface area contributed by atoms with Crippen LogP contribution in [-0.4, -0.2) is 11.8 Å². The molecule has 1 aliphatic heterocycles. The van der Waals surface area contributed by atoms with Crippen LogP contribution in [0.2, 0.25) is 0 Å². The second-order valence-corrected chi connectivity index (χ2v) is 16.3. The van der Waals surface area contributed by atoms with Gasteiger partial charge in [-0.3, -0.25) is 4.99 Å². The third-order valence-corrected chi connectivity index (χ3v) is 12.8. The Kier molecular flexibility index (Phi) is 9.13. The highest BCUT2D eigenvalue weighted by Crippen LogP contribution is 2.51. The van der Waals surface area contributed by atoms with Gasteiger partial charge in [0.1, 0.15) is 0 Å². The first-order chi connectivity index (χ1) is 27.6. The molecular formula is C56H49N. The van der Waals surface area contributed by atoms with Gasteiger partial charge >= 0.3 is 0 Å². The first-order valence-electron chi connectivity index (χ1n) is 20.3. The molecular weight excluding hydrogens is 687 g/mol. The van der Waals surface area contributed by atoms with E-state index in [0.717, 1.165) is 5.71 Å². The van der Waals surface area contributed by atoms with E-state index in [-0.39, 0.29) is 6.04 Å². The van der Waals surface area contributed by atoms with Crippen LogP contribution in [0.1, 0.15) is 59.7 Å². The van der Waals surface area contributed by atoms with Gasteiger partial charge in [0.05, 0.1) is 11.8 Å². The van der Waals surface area contributed by atoms with Crippen molar-refractivity contribution in [1.29, 1.82) is 0 Å². The number of aryl methyl sites for hydroxylation is 4. The van der Waals surface area contributed by atoms with E-state index in [2.05, 4.69) is 212 Å². The molecule has 1 nitrogen and oxygen atoms in total. The highest BCUT2D eigenvalue weighted by atomic mass is 14.8. The lowest BCUT2D eigenvalue weighted by Crippen LogP contribution is -2.40. The predicted octanol–water partition coefficient (Wildman–Crippen LogP) is 14.9. The molecule has 2 atom stereocenters. The topological polar surface area (TPSA) is 12.4 Å². The van der Waals surface area contributed by atoms with Gasteiger partial charge in [-0.25, -0.2) is 0 Å². The van der Waals surface area contributed by atoms with E-state index < -0.39 is 5.41 Å². The van der Waals surface area contributed by atoms with E-state index in [1.807, 2.05) is 0 Å². The minimum absolute atomic E-state index is 0.0461. The van der Waals surface area contributed by atoms with E-state index in [1.165, 1.54) is 105 Å². The van der Waals surface area contributed by atoms with Gasteiger partial charge in [-0.1, -0.05) is 158 Å². The first-order valence-corrected chi connectivity index (χ1v) is 20.3. The molecule has 0 saturated carbocycles. The van der Waals surface area contributed by atoms with E-state index in [9.17, 15) is 0 Å². The summed E-state index contributed by atoms with van der Waals surface area (Å²) in [7, 11) is 0. The minimum Gasteiger partial charge on any atom is -0.280 e. The number of hydrogen-bond donors (Lipinski definition) is 0. The summed E-state index contributed by atoms with van der Waals surface area (Å²) in [5.41, 5.74) is 19.6. The fraction of sp³-hybridized carbons (Fsp3) is 0.161. The van der Waals surface area contributed by atoms with Gasteiger partial charge in [0.15, 0.2) is 0 Å². The number of fused-ring (bicyclic) bond motifs is 2. The van der Waals surface area contributed by atoms with Gasteiger partial charge in [0.2, 0.25) is 0 Å². The zero-order valence-electron chi connectivity index (χ0n) is 34.1. The Labute approximate surface area is 338 Å². The molecule has 8 aromatic carbocycles.